The van der Waals surface area contributed by atoms with E-state index in [1.54, 1.807) is 12.3 Å². The Morgan fingerprint density at radius 2 is 1.91 bits per heavy atom. The van der Waals surface area contributed by atoms with Crippen LogP contribution in [-0.2, 0) is 13.0 Å². The molecule has 3 rings (SSSR count). The molecular weight excluding hydrogens is 294 g/mol. The SMILES string of the molecule is N#Cc1cc(Cl)cc(-c2cnn(CCc3ccccc3)c2)c1. The Labute approximate surface area is 134 Å². The summed E-state index contributed by atoms with van der Waals surface area (Å²) >= 11 is 6.05. The molecule has 0 bridgehead atoms. The van der Waals surface area contributed by atoms with Gasteiger partial charge in [-0.2, -0.15) is 10.4 Å². The van der Waals surface area contributed by atoms with Gasteiger partial charge in [-0.05, 0) is 35.7 Å². The minimum atomic E-state index is 0.555. The van der Waals surface area contributed by atoms with Gasteiger partial charge in [0.15, 0.2) is 0 Å². The number of benzene rings is 2. The van der Waals surface area contributed by atoms with E-state index < -0.39 is 0 Å². The van der Waals surface area contributed by atoms with Gasteiger partial charge in [-0.3, -0.25) is 4.68 Å². The van der Waals surface area contributed by atoms with E-state index in [1.807, 2.05) is 41.2 Å². The van der Waals surface area contributed by atoms with Crippen LogP contribution in [0.1, 0.15) is 11.1 Å². The molecule has 0 aliphatic rings. The van der Waals surface area contributed by atoms with Crippen molar-refractivity contribution < 1.29 is 0 Å². The van der Waals surface area contributed by atoms with Crippen molar-refractivity contribution in [1.29, 1.82) is 5.26 Å². The van der Waals surface area contributed by atoms with Crippen molar-refractivity contribution in [2.45, 2.75) is 13.0 Å². The van der Waals surface area contributed by atoms with E-state index in [-0.39, 0.29) is 0 Å². The van der Waals surface area contributed by atoms with Gasteiger partial charge in [0.1, 0.15) is 0 Å². The zero-order chi connectivity index (χ0) is 15.4. The summed E-state index contributed by atoms with van der Waals surface area (Å²) in [6.45, 7) is 0.815. The number of rotatable bonds is 4. The van der Waals surface area contributed by atoms with Crippen molar-refractivity contribution in [3.05, 3.63) is 77.1 Å². The van der Waals surface area contributed by atoms with Crippen LogP contribution in [0.2, 0.25) is 5.02 Å². The summed E-state index contributed by atoms with van der Waals surface area (Å²) in [5.74, 6) is 0. The fraction of sp³-hybridized carbons (Fsp3) is 0.111. The molecule has 1 aromatic heterocycles. The van der Waals surface area contributed by atoms with Crippen molar-refractivity contribution in [2.24, 2.45) is 0 Å². The molecule has 0 N–H and O–H groups in total. The number of aryl methyl sites for hydroxylation is 2. The Kier molecular flexibility index (Phi) is 4.22. The molecule has 1 heterocycles. The molecule has 2 aromatic carbocycles. The van der Waals surface area contributed by atoms with Crippen LogP contribution < -0.4 is 0 Å². The normalized spacial score (nSPS) is 10.4. The maximum atomic E-state index is 9.02. The van der Waals surface area contributed by atoms with Crippen molar-refractivity contribution in [1.82, 2.24) is 9.78 Å². The molecule has 0 amide bonds. The highest BCUT2D eigenvalue weighted by molar-refractivity contribution is 6.31. The highest BCUT2D eigenvalue weighted by Gasteiger charge is 2.05. The average molecular weight is 308 g/mol. The van der Waals surface area contributed by atoms with Crippen LogP contribution in [-0.4, -0.2) is 9.78 Å². The summed E-state index contributed by atoms with van der Waals surface area (Å²) in [5, 5.41) is 14.0. The third-order valence-electron chi connectivity index (χ3n) is 3.47. The van der Waals surface area contributed by atoms with Crippen molar-refractivity contribution in [3.8, 4) is 17.2 Å². The lowest BCUT2D eigenvalue weighted by Crippen LogP contribution is -2.01. The third kappa shape index (κ3) is 3.36. The lowest BCUT2D eigenvalue weighted by atomic mass is 10.1. The molecule has 0 spiro atoms. The second-order valence-electron chi connectivity index (χ2n) is 5.07. The first-order valence-corrected chi connectivity index (χ1v) is 7.40. The molecule has 0 atom stereocenters. The number of aromatic nitrogens is 2. The number of nitriles is 1. The zero-order valence-corrected chi connectivity index (χ0v) is 12.7. The fourth-order valence-electron chi connectivity index (χ4n) is 2.34. The van der Waals surface area contributed by atoms with Crippen LogP contribution in [0, 0.1) is 11.3 Å². The van der Waals surface area contributed by atoms with Crippen LogP contribution in [0.5, 0.6) is 0 Å². The largest absolute Gasteiger partial charge is 0.272 e. The van der Waals surface area contributed by atoms with Gasteiger partial charge in [0.2, 0.25) is 0 Å². The van der Waals surface area contributed by atoms with Gasteiger partial charge in [0.05, 0.1) is 17.8 Å². The first-order chi connectivity index (χ1) is 10.7. The highest BCUT2D eigenvalue weighted by atomic mass is 35.5. The Balaban J connectivity index is 1.76. The minimum Gasteiger partial charge on any atom is -0.272 e. The van der Waals surface area contributed by atoms with E-state index in [0.717, 1.165) is 24.1 Å². The summed E-state index contributed by atoms with van der Waals surface area (Å²) in [7, 11) is 0. The standard InChI is InChI=1S/C18H14ClN3/c19-18-9-15(11-20)8-16(10-18)17-12-21-22(13-17)7-6-14-4-2-1-3-5-14/h1-5,8-10,12-13H,6-7H2. The van der Waals surface area contributed by atoms with E-state index in [0.29, 0.717) is 10.6 Å². The predicted molar refractivity (Wildman–Crippen MR) is 87.5 cm³/mol. The summed E-state index contributed by atoms with van der Waals surface area (Å²) < 4.78 is 1.91. The quantitative estimate of drug-likeness (QED) is 0.720. The molecule has 3 nitrogen and oxygen atoms in total. The van der Waals surface area contributed by atoms with Gasteiger partial charge in [0.25, 0.3) is 0 Å². The molecule has 22 heavy (non-hydrogen) atoms. The monoisotopic (exact) mass is 307 g/mol. The van der Waals surface area contributed by atoms with Gasteiger partial charge >= 0.3 is 0 Å². The zero-order valence-electron chi connectivity index (χ0n) is 11.9. The lowest BCUT2D eigenvalue weighted by molar-refractivity contribution is 0.615. The fourth-order valence-corrected chi connectivity index (χ4v) is 2.58. The summed E-state index contributed by atoms with van der Waals surface area (Å²) in [6.07, 6.45) is 4.72. The first-order valence-electron chi connectivity index (χ1n) is 7.02. The summed E-state index contributed by atoms with van der Waals surface area (Å²) in [6, 6.07) is 17.8. The van der Waals surface area contributed by atoms with Crippen molar-refractivity contribution in [3.63, 3.8) is 0 Å². The van der Waals surface area contributed by atoms with Gasteiger partial charge < -0.3 is 0 Å². The maximum Gasteiger partial charge on any atom is 0.0992 e. The Morgan fingerprint density at radius 3 is 2.68 bits per heavy atom. The molecular formula is C18H14ClN3. The van der Waals surface area contributed by atoms with Crippen molar-refractivity contribution in [2.75, 3.05) is 0 Å². The van der Waals surface area contributed by atoms with Crippen molar-refractivity contribution >= 4 is 11.6 Å². The Hall–Kier alpha value is -2.57. The topological polar surface area (TPSA) is 41.6 Å². The molecule has 0 radical (unpaired) electrons. The second-order valence-corrected chi connectivity index (χ2v) is 5.50. The Morgan fingerprint density at radius 1 is 1.09 bits per heavy atom. The van der Waals surface area contributed by atoms with Gasteiger partial charge in [-0.1, -0.05) is 41.9 Å². The van der Waals surface area contributed by atoms with Gasteiger partial charge in [0, 0.05) is 23.3 Å². The van der Waals surface area contributed by atoms with E-state index in [1.165, 1.54) is 5.56 Å². The minimum absolute atomic E-state index is 0.555. The molecule has 0 aliphatic carbocycles. The number of nitrogens with zero attached hydrogens (tertiary/aromatic N) is 3. The molecule has 4 heteroatoms. The maximum absolute atomic E-state index is 9.02. The lowest BCUT2D eigenvalue weighted by Gasteiger charge is -2.02. The average Bonchev–Trinajstić information content (AvgIpc) is 3.02. The molecule has 108 valence electrons. The molecule has 0 fully saturated rings. The van der Waals surface area contributed by atoms with Crippen LogP contribution in [0.25, 0.3) is 11.1 Å². The third-order valence-corrected chi connectivity index (χ3v) is 3.68. The van der Waals surface area contributed by atoms with E-state index in [9.17, 15) is 0 Å². The summed E-state index contributed by atoms with van der Waals surface area (Å²) in [5.41, 5.74) is 3.72. The molecule has 0 saturated carbocycles. The van der Waals surface area contributed by atoms with Crippen LogP contribution in [0.3, 0.4) is 0 Å². The number of halogens is 1. The summed E-state index contributed by atoms with van der Waals surface area (Å²) in [4.78, 5) is 0. The second kappa shape index (κ2) is 6.46. The number of hydrogen-bond donors (Lipinski definition) is 0. The number of hydrogen-bond acceptors (Lipinski definition) is 2. The molecule has 0 saturated heterocycles. The van der Waals surface area contributed by atoms with Crippen LogP contribution in [0.4, 0.5) is 0 Å². The van der Waals surface area contributed by atoms with Crippen LogP contribution >= 0.6 is 11.6 Å². The van der Waals surface area contributed by atoms with Crippen LogP contribution in [0.15, 0.2) is 60.9 Å². The van der Waals surface area contributed by atoms with E-state index in [4.69, 9.17) is 16.9 Å². The molecule has 3 aromatic rings. The van der Waals surface area contributed by atoms with E-state index >= 15 is 0 Å². The van der Waals surface area contributed by atoms with E-state index in [2.05, 4.69) is 23.3 Å². The van der Waals surface area contributed by atoms with Gasteiger partial charge in [-0.15, -0.1) is 0 Å². The molecule has 0 unspecified atom stereocenters. The Bertz CT molecular complexity index is 816. The highest BCUT2D eigenvalue weighted by Crippen LogP contribution is 2.24. The smallest absolute Gasteiger partial charge is 0.0992 e. The first kappa shape index (κ1) is 14.4. The predicted octanol–water partition coefficient (Wildman–Crippen LogP) is 4.32. The van der Waals surface area contributed by atoms with Gasteiger partial charge in [-0.25, -0.2) is 0 Å². The molecule has 0 aliphatic heterocycles.